The Bertz CT molecular complexity index is 241. The highest BCUT2D eigenvalue weighted by Crippen LogP contribution is 2.19. The summed E-state index contributed by atoms with van der Waals surface area (Å²) in [6.07, 6.45) is 4.79. The van der Waals surface area contributed by atoms with Crippen molar-refractivity contribution in [2.24, 2.45) is 0 Å². The van der Waals surface area contributed by atoms with Crippen LogP contribution in [-0.4, -0.2) is 10.1 Å². The number of pyridine rings is 1. The summed E-state index contributed by atoms with van der Waals surface area (Å²) < 4.78 is 0. The number of nitrogens with zero attached hydrogens (tertiary/aromatic N) is 1. The fourth-order valence-corrected chi connectivity index (χ4v) is 0.807. The summed E-state index contributed by atoms with van der Waals surface area (Å²) in [5, 5.41) is 9.65. The van der Waals surface area contributed by atoms with Crippen LogP contribution in [0.4, 0.5) is 0 Å². The van der Waals surface area contributed by atoms with Crippen LogP contribution in [0.2, 0.25) is 0 Å². The molecular formula is C9H11NO. The van der Waals surface area contributed by atoms with Crippen LogP contribution in [0.15, 0.2) is 37.2 Å². The Kier molecular flexibility index (Phi) is 2.06. The molecule has 1 aromatic rings. The van der Waals surface area contributed by atoms with Gasteiger partial charge in [0, 0.05) is 12.4 Å². The lowest BCUT2D eigenvalue weighted by Crippen LogP contribution is -2.16. The molecule has 11 heavy (non-hydrogen) atoms. The normalized spacial score (nSPS) is 15.5. The lowest BCUT2D eigenvalue weighted by Gasteiger charge is -2.17. The highest BCUT2D eigenvalue weighted by molar-refractivity contribution is 5.22. The lowest BCUT2D eigenvalue weighted by atomic mass is 9.98. The number of aliphatic hydroxyl groups is 1. The van der Waals surface area contributed by atoms with Crippen molar-refractivity contribution in [3.8, 4) is 0 Å². The van der Waals surface area contributed by atoms with Gasteiger partial charge in [-0.2, -0.15) is 0 Å². The molecule has 0 bridgehead atoms. The van der Waals surface area contributed by atoms with E-state index >= 15 is 0 Å². The monoisotopic (exact) mass is 149 g/mol. The number of hydrogen-bond acceptors (Lipinski definition) is 2. The van der Waals surface area contributed by atoms with Crippen molar-refractivity contribution in [3.63, 3.8) is 0 Å². The Morgan fingerprint density at radius 1 is 1.55 bits per heavy atom. The van der Waals surface area contributed by atoms with Crippen LogP contribution < -0.4 is 0 Å². The molecule has 0 radical (unpaired) electrons. The van der Waals surface area contributed by atoms with Gasteiger partial charge in [-0.25, -0.2) is 0 Å². The summed E-state index contributed by atoms with van der Waals surface area (Å²) in [4.78, 5) is 3.85. The van der Waals surface area contributed by atoms with Gasteiger partial charge < -0.3 is 5.11 Å². The average molecular weight is 149 g/mol. The Morgan fingerprint density at radius 2 is 2.09 bits per heavy atom. The highest BCUT2D eigenvalue weighted by Gasteiger charge is 2.16. The lowest BCUT2D eigenvalue weighted by molar-refractivity contribution is 0.111. The predicted molar refractivity (Wildman–Crippen MR) is 44.0 cm³/mol. The van der Waals surface area contributed by atoms with E-state index in [0.717, 1.165) is 5.56 Å². The molecule has 0 fully saturated rings. The van der Waals surface area contributed by atoms with Crippen molar-refractivity contribution in [3.05, 3.63) is 42.7 Å². The second-order valence-electron chi connectivity index (χ2n) is 2.59. The summed E-state index contributed by atoms with van der Waals surface area (Å²) in [5.74, 6) is 0. The third-order valence-corrected chi connectivity index (χ3v) is 1.66. The molecule has 0 amide bonds. The fourth-order valence-electron chi connectivity index (χ4n) is 0.807. The van der Waals surface area contributed by atoms with Crippen molar-refractivity contribution < 1.29 is 5.11 Å². The minimum Gasteiger partial charge on any atom is -0.381 e. The van der Waals surface area contributed by atoms with Gasteiger partial charge in [0.2, 0.25) is 0 Å². The van der Waals surface area contributed by atoms with Gasteiger partial charge in [0.1, 0.15) is 5.60 Å². The molecule has 0 unspecified atom stereocenters. The van der Waals surface area contributed by atoms with Gasteiger partial charge in [0.15, 0.2) is 0 Å². The van der Waals surface area contributed by atoms with Crippen LogP contribution >= 0.6 is 0 Å². The summed E-state index contributed by atoms with van der Waals surface area (Å²) in [7, 11) is 0. The molecule has 0 aliphatic heterocycles. The molecule has 0 aliphatic carbocycles. The number of rotatable bonds is 2. The van der Waals surface area contributed by atoms with Crippen molar-refractivity contribution >= 4 is 0 Å². The topological polar surface area (TPSA) is 33.1 Å². The first-order valence-electron chi connectivity index (χ1n) is 3.43. The summed E-state index contributed by atoms with van der Waals surface area (Å²) >= 11 is 0. The maximum absolute atomic E-state index is 9.65. The van der Waals surface area contributed by atoms with Crippen LogP contribution in [0, 0.1) is 0 Å². The highest BCUT2D eigenvalue weighted by atomic mass is 16.3. The molecule has 0 saturated carbocycles. The van der Waals surface area contributed by atoms with E-state index in [1.54, 1.807) is 31.5 Å². The predicted octanol–water partition coefficient (Wildman–Crippen LogP) is 1.48. The van der Waals surface area contributed by atoms with Crippen LogP contribution in [0.3, 0.4) is 0 Å². The maximum atomic E-state index is 9.65. The summed E-state index contributed by atoms with van der Waals surface area (Å²) in [5.41, 5.74) is -0.134. The smallest absolute Gasteiger partial charge is 0.105 e. The van der Waals surface area contributed by atoms with Crippen molar-refractivity contribution in [2.45, 2.75) is 12.5 Å². The third kappa shape index (κ3) is 1.65. The van der Waals surface area contributed by atoms with Gasteiger partial charge in [-0.15, -0.1) is 0 Å². The minimum absolute atomic E-state index is 0.808. The molecule has 0 aliphatic rings. The molecule has 1 heterocycles. The molecule has 1 rings (SSSR count). The van der Waals surface area contributed by atoms with Crippen molar-refractivity contribution in [1.29, 1.82) is 0 Å². The standard InChI is InChI=1S/C9H11NO/c1-3-9(2,11)8-4-6-10-7-5-8/h3-7,11H,1H2,2H3/t9-/m0/s1. The molecule has 1 aromatic heterocycles. The van der Waals surface area contributed by atoms with E-state index in [2.05, 4.69) is 11.6 Å². The first-order chi connectivity index (χ1) is 5.17. The van der Waals surface area contributed by atoms with Gasteiger partial charge >= 0.3 is 0 Å². The first kappa shape index (κ1) is 7.95. The first-order valence-corrected chi connectivity index (χ1v) is 3.43. The summed E-state index contributed by atoms with van der Waals surface area (Å²) in [6.45, 7) is 5.23. The van der Waals surface area contributed by atoms with E-state index in [1.807, 2.05) is 0 Å². The molecular weight excluding hydrogens is 138 g/mol. The second-order valence-corrected chi connectivity index (χ2v) is 2.59. The fraction of sp³-hybridized carbons (Fsp3) is 0.222. The van der Waals surface area contributed by atoms with Crippen molar-refractivity contribution in [2.75, 3.05) is 0 Å². The molecule has 1 atom stereocenters. The Labute approximate surface area is 66.2 Å². The van der Waals surface area contributed by atoms with E-state index in [9.17, 15) is 5.11 Å². The van der Waals surface area contributed by atoms with Gasteiger partial charge in [0.25, 0.3) is 0 Å². The molecule has 0 aromatic carbocycles. The van der Waals surface area contributed by atoms with Gasteiger partial charge in [-0.3, -0.25) is 4.98 Å². The molecule has 0 spiro atoms. The van der Waals surface area contributed by atoms with E-state index in [-0.39, 0.29) is 0 Å². The zero-order chi connectivity index (χ0) is 8.32. The Balaban J connectivity index is 3.02. The van der Waals surface area contributed by atoms with Crippen LogP contribution in [0.25, 0.3) is 0 Å². The number of hydrogen-bond donors (Lipinski definition) is 1. The van der Waals surface area contributed by atoms with Gasteiger partial charge in [-0.05, 0) is 24.6 Å². The Morgan fingerprint density at radius 3 is 2.55 bits per heavy atom. The Hall–Kier alpha value is -1.15. The maximum Gasteiger partial charge on any atom is 0.105 e. The molecule has 0 saturated heterocycles. The van der Waals surface area contributed by atoms with Gasteiger partial charge in [0.05, 0.1) is 0 Å². The zero-order valence-electron chi connectivity index (χ0n) is 6.49. The van der Waals surface area contributed by atoms with Crippen LogP contribution in [0.1, 0.15) is 12.5 Å². The van der Waals surface area contributed by atoms with E-state index in [1.165, 1.54) is 6.08 Å². The zero-order valence-corrected chi connectivity index (χ0v) is 6.49. The van der Waals surface area contributed by atoms with E-state index in [4.69, 9.17) is 0 Å². The number of aromatic nitrogens is 1. The van der Waals surface area contributed by atoms with Gasteiger partial charge in [-0.1, -0.05) is 12.7 Å². The van der Waals surface area contributed by atoms with E-state index in [0.29, 0.717) is 0 Å². The average Bonchev–Trinajstić information content (AvgIpc) is 2.06. The van der Waals surface area contributed by atoms with E-state index < -0.39 is 5.60 Å². The van der Waals surface area contributed by atoms with Crippen LogP contribution in [-0.2, 0) is 5.60 Å². The molecule has 58 valence electrons. The quantitative estimate of drug-likeness (QED) is 0.646. The SMILES string of the molecule is C=C[C@](C)(O)c1ccncc1. The molecule has 2 heteroatoms. The van der Waals surface area contributed by atoms with Crippen molar-refractivity contribution in [1.82, 2.24) is 4.98 Å². The molecule has 2 nitrogen and oxygen atoms in total. The minimum atomic E-state index is -0.942. The summed E-state index contributed by atoms with van der Waals surface area (Å²) in [6, 6.07) is 3.53. The van der Waals surface area contributed by atoms with Crippen LogP contribution in [0.5, 0.6) is 0 Å². The largest absolute Gasteiger partial charge is 0.381 e. The third-order valence-electron chi connectivity index (χ3n) is 1.66. The second kappa shape index (κ2) is 2.84. The molecule has 1 N–H and O–H groups in total.